The smallest absolute Gasteiger partial charge is 0.0541 e. The zero-order chi connectivity index (χ0) is 34.1. The summed E-state index contributed by atoms with van der Waals surface area (Å²) in [6, 6.07) is 69.8. The van der Waals surface area contributed by atoms with Gasteiger partial charge in [-0.25, -0.2) is 0 Å². The van der Waals surface area contributed by atoms with E-state index in [0.29, 0.717) is 0 Å². The highest BCUT2D eigenvalue weighted by atomic mass is 15.0. The van der Waals surface area contributed by atoms with Gasteiger partial charge in [0.25, 0.3) is 0 Å². The third-order valence-corrected chi connectivity index (χ3v) is 9.89. The molecule has 2 heteroatoms. The van der Waals surface area contributed by atoms with Crippen molar-refractivity contribution in [3.8, 4) is 50.2 Å². The predicted octanol–water partition coefficient (Wildman–Crippen LogP) is 13.5. The van der Waals surface area contributed by atoms with E-state index in [1.807, 2.05) is 0 Å². The summed E-state index contributed by atoms with van der Waals surface area (Å²) in [5.74, 6) is 0. The molecule has 51 heavy (non-hydrogen) atoms. The van der Waals surface area contributed by atoms with Crippen molar-refractivity contribution in [2.45, 2.75) is 6.92 Å². The molecule has 9 rings (SSSR count). The number of nitrogens with one attached hydrogen (secondary N) is 1. The number of nitrogens with zero attached hydrogens (tertiary/aromatic N) is 1. The molecule has 242 valence electrons. The van der Waals surface area contributed by atoms with Crippen LogP contribution in [0.4, 0.5) is 11.4 Å². The molecule has 9 aromatic rings. The van der Waals surface area contributed by atoms with Crippen molar-refractivity contribution >= 4 is 33.2 Å². The molecular formula is C49H36N2. The van der Waals surface area contributed by atoms with Crippen LogP contribution in [-0.2, 0) is 0 Å². The first-order valence-electron chi connectivity index (χ1n) is 17.5. The Hall–Kier alpha value is -6.64. The van der Waals surface area contributed by atoms with E-state index >= 15 is 0 Å². The zero-order valence-corrected chi connectivity index (χ0v) is 28.4. The molecule has 0 bridgehead atoms. The van der Waals surface area contributed by atoms with Gasteiger partial charge in [0.15, 0.2) is 0 Å². The molecule has 0 aliphatic heterocycles. The standard InChI is InChI=1S/C49H36N2/c1-34-14-10-26-46(50-42-23-12-20-38(31-42)35-15-4-2-5-16-35)49(34)41-22-11-19-37(30-41)40-28-29-48-45(33-40)44-25-8-9-27-47(44)51(48)43-24-13-21-39(32-43)36-17-6-3-7-18-36/h2-33,50H,1H3. The Morgan fingerprint density at radius 1 is 0.373 bits per heavy atom. The molecule has 0 saturated heterocycles. The van der Waals surface area contributed by atoms with Gasteiger partial charge in [-0.1, -0.05) is 140 Å². The van der Waals surface area contributed by atoms with Crippen molar-refractivity contribution in [3.63, 3.8) is 0 Å². The summed E-state index contributed by atoms with van der Waals surface area (Å²) in [6.45, 7) is 2.20. The second-order valence-corrected chi connectivity index (χ2v) is 13.2. The summed E-state index contributed by atoms with van der Waals surface area (Å²) in [4.78, 5) is 0. The Kier molecular flexibility index (Phi) is 7.75. The first-order valence-corrected chi connectivity index (χ1v) is 17.5. The summed E-state index contributed by atoms with van der Waals surface area (Å²) in [7, 11) is 0. The first kappa shape index (κ1) is 30.4. The lowest BCUT2D eigenvalue weighted by molar-refractivity contribution is 1.18. The van der Waals surface area contributed by atoms with E-state index in [4.69, 9.17) is 0 Å². The van der Waals surface area contributed by atoms with Gasteiger partial charge in [-0.15, -0.1) is 0 Å². The van der Waals surface area contributed by atoms with Crippen molar-refractivity contribution in [1.29, 1.82) is 0 Å². The second-order valence-electron chi connectivity index (χ2n) is 13.2. The lowest BCUT2D eigenvalue weighted by Gasteiger charge is -2.17. The van der Waals surface area contributed by atoms with Crippen LogP contribution in [0.1, 0.15) is 5.56 Å². The van der Waals surface area contributed by atoms with Crippen LogP contribution in [0.15, 0.2) is 194 Å². The fourth-order valence-electron chi connectivity index (χ4n) is 7.46. The van der Waals surface area contributed by atoms with Gasteiger partial charge < -0.3 is 9.88 Å². The Morgan fingerprint density at radius 2 is 0.941 bits per heavy atom. The maximum absolute atomic E-state index is 3.76. The SMILES string of the molecule is Cc1cccc(Nc2cccc(-c3ccccc3)c2)c1-c1cccc(-c2ccc3c(c2)c2ccccc2n3-c2cccc(-c3ccccc3)c2)c1. The molecule has 0 saturated carbocycles. The van der Waals surface area contributed by atoms with E-state index in [1.54, 1.807) is 0 Å². The van der Waals surface area contributed by atoms with Crippen LogP contribution in [0.25, 0.3) is 72.0 Å². The number of hydrogen-bond donors (Lipinski definition) is 1. The Balaban J connectivity index is 1.10. The van der Waals surface area contributed by atoms with Crippen LogP contribution < -0.4 is 5.32 Å². The fraction of sp³-hybridized carbons (Fsp3) is 0.0204. The average molecular weight is 653 g/mol. The largest absolute Gasteiger partial charge is 0.355 e. The van der Waals surface area contributed by atoms with Crippen molar-refractivity contribution in [2.75, 3.05) is 5.32 Å². The number of aryl methyl sites for hydroxylation is 1. The van der Waals surface area contributed by atoms with Crippen LogP contribution >= 0.6 is 0 Å². The Bertz CT molecular complexity index is 2670. The number of benzene rings is 8. The summed E-state index contributed by atoms with van der Waals surface area (Å²) in [5, 5.41) is 6.25. The fourth-order valence-corrected chi connectivity index (χ4v) is 7.46. The van der Waals surface area contributed by atoms with Crippen LogP contribution in [0.5, 0.6) is 0 Å². The number of aromatic nitrogens is 1. The van der Waals surface area contributed by atoms with Gasteiger partial charge in [-0.3, -0.25) is 0 Å². The van der Waals surface area contributed by atoms with Crippen LogP contribution in [-0.4, -0.2) is 4.57 Å². The quantitative estimate of drug-likeness (QED) is 0.181. The minimum absolute atomic E-state index is 1.07. The molecule has 0 fully saturated rings. The summed E-state index contributed by atoms with van der Waals surface area (Å²) in [6.07, 6.45) is 0. The van der Waals surface area contributed by atoms with Gasteiger partial charge in [0.1, 0.15) is 0 Å². The molecule has 0 atom stereocenters. The maximum atomic E-state index is 3.76. The Labute approximate surface area is 298 Å². The highest BCUT2D eigenvalue weighted by Crippen LogP contribution is 2.39. The van der Waals surface area contributed by atoms with Gasteiger partial charge >= 0.3 is 0 Å². The number of fused-ring (bicyclic) bond motifs is 3. The molecule has 0 aliphatic carbocycles. The molecular weight excluding hydrogens is 617 g/mol. The third-order valence-electron chi connectivity index (χ3n) is 9.89. The van der Waals surface area contributed by atoms with E-state index in [-0.39, 0.29) is 0 Å². The van der Waals surface area contributed by atoms with Gasteiger partial charge in [0.2, 0.25) is 0 Å². The molecule has 1 N–H and O–H groups in total. The number of para-hydroxylation sites is 1. The highest BCUT2D eigenvalue weighted by Gasteiger charge is 2.15. The average Bonchev–Trinajstić information content (AvgIpc) is 3.53. The minimum atomic E-state index is 1.07. The predicted molar refractivity (Wildman–Crippen MR) is 217 cm³/mol. The number of anilines is 2. The molecule has 1 heterocycles. The minimum Gasteiger partial charge on any atom is -0.355 e. The van der Waals surface area contributed by atoms with Gasteiger partial charge in [0, 0.05) is 33.4 Å². The van der Waals surface area contributed by atoms with E-state index in [0.717, 1.165) is 17.1 Å². The van der Waals surface area contributed by atoms with E-state index in [2.05, 4.69) is 211 Å². The molecule has 1 aromatic heterocycles. The van der Waals surface area contributed by atoms with Crippen molar-refractivity contribution in [3.05, 3.63) is 200 Å². The molecule has 2 nitrogen and oxygen atoms in total. The van der Waals surface area contributed by atoms with Crippen LogP contribution in [0, 0.1) is 6.92 Å². The number of hydrogen-bond acceptors (Lipinski definition) is 1. The Morgan fingerprint density at radius 3 is 1.73 bits per heavy atom. The summed E-state index contributed by atoms with van der Waals surface area (Å²) >= 11 is 0. The van der Waals surface area contributed by atoms with Crippen molar-refractivity contribution < 1.29 is 0 Å². The molecule has 0 unspecified atom stereocenters. The number of rotatable bonds is 7. The van der Waals surface area contributed by atoms with Crippen LogP contribution in [0.3, 0.4) is 0 Å². The molecule has 8 aromatic carbocycles. The van der Waals surface area contributed by atoms with E-state index < -0.39 is 0 Å². The molecule has 0 spiro atoms. The lowest BCUT2D eigenvalue weighted by Crippen LogP contribution is -1.96. The molecule has 0 aliphatic rings. The van der Waals surface area contributed by atoms with Crippen LogP contribution in [0.2, 0.25) is 0 Å². The van der Waals surface area contributed by atoms with Crippen molar-refractivity contribution in [2.24, 2.45) is 0 Å². The topological polar surface area (TPSA) is 17.0 Å². The second kappa shape index (κ2) is 13.0. The third kappa shape index (κ3) is 5.77. The monoisotopic (exact) mass is 652 g/mol. The lowest BCUT2D eigenvalue weighted by atomic mass is 9.94. The summed E-state index contributed by atoms with van der Waals surface area (Å²) in [5.41, 5.74) is 16.6. The zero-order valence-electron chi connectivity index (χ0n) is 28.4. The normalized spacial score (nSPS) is 11.2. The summed E-state index contributed by atoms with van der Waals surface area (Å²) < 4.78 is 2.40. The highest BCUT2D eigenvalue weighted by molar-refractivity contribution is 6.10. The van der Waals surface area contributed by atoms with Gasteiger partial charge in [-0.05, 0) is 106 Å². The van der Waals surface area contributed by atoms with Gasteiger partial charge in [0.05, 0.1) is 11.0 Å². The molecule has 0 amide bonds. The maximum Gasteiger partial charge on any atom is 0.0541 e. The van der Waals surface area contributed by atoms with Crippen molar-refractivity contribution in [1.82, 2.24) is 4.57 Å². The first-order chi connectivity index (χ1) is 25.2. The molecule has 0 radical (unpaired) electrons. The van der Waals surface area contributed by atoms with E-state index in [1.165, 1.54) is 71.9 Å². The van der Waals surface area contributed by atoms with Gasteiger partial charge in [-0.2, -0.15) is 0 Å². The van der Waals surface area contributed by atoms with E-state index in [9.17, 15) is 0 Å².